The lowest BCUT2D eigenvalue weighted by Crippen LogP contribution is -2.71. The maximum Gasteiger partial charge on any atom is 0.328 e. The number of aryl methyl sites for hydroxylation is 1. The Bertz CT molecular complexity index is 3540. The lowest BCUT2D eigenvalue weighted by atomic mass is 9.41. The molecule has 0 N–H and O–H groups in total. The van der Waals surface area contributed by atoms with E-state index in [4.69, 9.17) is 4.42 Å². The SMILES string of the molecule is CCCCc1ccc(N2c3cc4oc5cc6c(cc5c4cc3B3c4c2cc2c(c4-c4cccc5c4N3C3(C)CCCCC53C)C(C)(C)c3ccccc3-2)C(C)(C)CCC6(C)C)c(-c2ccccc2)c1. The molecule has 0 saturated heterocycles. The maximum absolute atomic E-state index is 7.25. The Morgan fingerprint density at radius 3 is 2.06 bits per heavy atom. The average molecular weight is 901 g/mol. The molecule has 0 amide bonds. The van der Waals surface area contributed by atoms with Crippen molar-refractivity contribution in [2.45, 2.75) is 147 Å². The minimum atomic E-state index is -0.198. The molecule has 7 aromatic carbocycles. The third-order valence-electron chi connectivity index (χ3n) is 19.4. The summed E-state index contributed by atoms with van der Waals surface area (Å²) in [7, 11) is 0. The largest absolute Gasteiger partial charge is 0.456 e. The van der Waals surface area contributed by atoms with Crippen LogP contribution in [-0.4, -0.2) is 12.4 Å². The van der Waals surface area contributed by atoms with Crippen molar-refractivity contribution in [3.05, 3.63) is 155 Å². The highest BCUT2D eigenvalue weighted by Crippen LogP contribution is 2.65. The number of furan rings is 1. The quantitative estimate of drug-likeness (QED) is 0.161. The zero-order valence-electron chi connectivity index (χ0n) is 42.3. The Hall–Kier alpha value is -6.00. The van der Waals surface area contributed by atoms with Gasteiger partial charge in [-0.25, -0.2) is 0 Å². The van der Waals surface area contributed by atoms with Crippen LogP contribution in [0.5, 0.6) is 0 Å². The molecular formula is C65H65BN2O. The lowest BCUT2D eigenvalue weighted by Gasteiger charge is -2.55. The molecule has 344 valence electrons. The molecule has 3 aliphatic heterocycles. The predicted molar refractivity (Wildman–Crippen MR) is 292 cm³/mol. The first-order chi connectivity index (χ1) is 33.2. The molecule has 2 unspecified atom stereocenters. The van der Waals surface area contributed by atoms with E-state index >= 15 is 0 Å². The number of hydrogen-bond acceptors (Lipinski definition) is 3. The molecule has 8 aromatic rings. The van der Waals surface area contributed by atoms with Gasteiger partial charge in [-0.2, -0.15) is 0 Å². The fourth-order valence-electron chi connectivity index (χ4n) is 15.4. The second kappa shape index (κ2) is 13.9. The van der Waals surface area contributed by atoms with E-state index in [9.17, 15) is 0 Å². The molecule has 1 aromatic heterocycles. The zero-order chi connectivity index (χ0) is 47.1. The molecule has 14 rings (SSSR count). The number of nitrogens with zero attached hydrogens (tertiary/aromatic N) is 2. The van der Waals surface area contributed by atoms with Crippen molar-refractivity contribution in [2.75, 3.05) is 9.71 Å². The fraction of sp³-hybridized carbons (Fsp3) is 0.354. The summed E-state index contributed by atoms with van der Waals surface area (Å²) >= 11 is 0. The summed E-state index contributed by atoms with van der Waals surface area (Å²) in [6.07, 6.45) is 10.7. The van der Waals surface area contributed by atoms with Crippen molar-refractivity contribution in [3.63, 3.8) is 0 Å². The number of fused-ring (bicyclic) bond motifs is 15. The molecule has 2 atom stereocenters. The molecule has 1 fully saturated rings. The Morgan fingerprint density at radius 1 is 0.565 bits per heavy atom. The molecule has 4 heteroatoms. The van der Waals surface area contributed by atoms with E-state index in [2.05, 4.69) is 193 Å². The number of para-hydroxylation sites is 1. The molecule has 0 bridgehead atoms. The van der Waals surface area contributed by atoms with Crippen molar-refractivity contribution in [3.8, 4) is 33.4 Å². The molecule has 69 heavy (non-hydrogen) atoms. The van der Waals surface area contributed by atoms with Crippen LogP contribution in [0.2, 0.25) is 0 Å². The van der Waals surface area contributed by atoms with Gasteiger partial charge in [0.25, 0.3) is 0 Å². The van der Waals surface area contributed by atoms with Crippen molar-refractivity contribution >= 4 is 62.5 Å². The highest BCUT2D eigenvalue weighted by Gasteiger charge is 2.63. The lowest BCUT2D eigenvalue weighted by molar-refractivity contribution is 0.199. The first kappa shape index (κ1) is 41.9. The normalized spacial score (nSPS) is 22.5. The number of anilines is 4. The van der Waals surface area contributed by atoms with Gasteiger partial charge in [0.1, 0.15) is 11.2 Å². The van der Waals surface area contributed by atoms with Crippen LogP contribution in [-0.2, 0) is 28.1 Å². The molecule has 4 heterocycles. The van der Waals surface area contributed by atoms with Gasteiger partial charge in [0.15, 0.2) is 0 Å². The van der Waals surface area contributed by atoms with Gasteiger partial charge in [-0.05, 0) is 153 Å². The molecule has 3 nitrogen and oxygen atoms in total. The van der Waals surface area contributed by atoms with Crippen LogP contribution < -0.4 is 20.6 Å². The van der Waals surface area contributed by atoms with E-state index in [0.29, 0.717) is 0 Å². The van der Waals surface area contributed by atoms with Gasteiger partial charge in [0.2, 0.25) is 0 Å². The molecule has 1 saturated carbocycles. The van der Waals surface area contributed by atoms with E-state index < -0.39 is 0 Å². The van der Waals surface area contributed by atoms with Crippen molar-refractivity contribution < 1.29 is 4.42 Å². The summed E-state index contributed by atoms with van der Waals surface area (Å²) < 4.78 is 7.25. The molecule has 6 aliphatic rings. The van der Waals surface area contributed by atoms with Gasteiger partial charge in [0.05, 0.1) is 5.69 Å². The summed E-state index contributed by atoms with van der Waals surface area (Å²) in [4.78, 5) is 5.70. The van der Waals surface area contributed by atoms with Crippen LogP contribution in [0.4, 0.5) is 22.7 Å². The van der Waals surface area contributed by atoms with Gasteiger partial charge in [0, 0.05) is 61.4 Å². The summed E-state index contributed by atoms with van der Waals surface area (Å²) in [6.45, 7) is 22.3. The minimum Gasteiger partial charge on any atom is -0.456 e. The summed E-state index contributed by atoms with van der Waals surface area (Å²) in [6, 6.07) is 48.0. The van der Waals surface area contributed by atoms with E-state index in [1.54, 1.807) is 5.56 Å². The van der Waals surface area contributed by atoms with Crippen molar-refractivity contribution in [1.29, 1.82) is 0 Å². The van der Waals surface area contributed by atoms with Gasteiger partial charge >= 0.3 is 6.85 Å². The Kier molecular flexibility index (Phi) is 8.43. The smallest absolute Gasteiger partial charge is 0.328 e. The molecule has 3 aliphatic carbocycles. The van der Waals surface area contributed by atoms with Gasteiger partial charge < -0.3 is 14.1 Å². The monoisotopic (exact) mass is 901 g/mol. The number of rotatable bonds is 5. The van der Waals surface area contributed by atoms with Crippen LogP contribution in [0.1, 0.15) is 147 Å². The van der Waals surface area contributed by atoms with Gasteiger partial charge in [-0.1, -0.05) is 160 Å². The molecular weight excluding hydrogens is 836 g/mol. The first-order valence-electron chi connectivity index (χ1n) is 26.4. The van der Waals surface area contributed by atoms with Crippen LogP contribution in [0.3, 0.4) is 0 Å². The van der Waals surface area contributed by atoms with Gasteiger partial charge in [-0.15, -0.1) is 0 Å². The molecule has 0 spiro atoms. The first-order valence-corrected chi connectivity index (χ1v) is 26.4. The van der Waals surface area contributed by atoms with Crippen LogP contribution in [0.25, 0.3) is 55.3 Å². The zero-order valence-corrected chi connectivity index (χ0v) is 42.3. The summed E-state index contributed by atoms with van der Waals surface area (Å²) in [5, 5.41) is 2.48. The van der Waals surface area contributed by atoms with E-state index in [0.717, 1.165) is 17.6 Å². The summed E-state index contributed by atoms with van der Waals surface area (Å²) in [5.41, 5.74) is 26.9. The Labute approximate surface area is 410 Å². The second-order valence-corrected chi connectivity index (χ2v) is 24.4. The van der Waals surface area contributed by atoms with Crippen molar-refractivity contribution in [2.24, 2.45) is 0 Å². The second-order valence-electron chi connectivity index (χ2n) is 24.4. The third-order valence-corrected chi connectivity index (χ3v) is 19.4. The fourth-order valence-corrected chi connectivity index (χ4v) is 15.4. The van der Waals surface area contributed by atoms with Gasteiger partial charge in [-0.3, -0.25) is 0 Å². The van der Waals surface area contributed by atoms with E-state index in [-0.39, 0.29) is 34.0 Å². The maximum atomic E-state index is 7.25. The predicted octanol–water partition coefficient (Wildman–Crippen LogP) is 16.2. The standard InChI is InChI=1S/C65H65BN2O/c1-10-11-20-39-27-28-52(43(33-39)40-21-13-12-14-22-40)67-53-38-56-45(44-34-49-50(37-55(44)69-56)62(4,5)32-31-61(49,2)3)35-51(53)66-59-54(67)36-46-41-23-15-16-25-47(41)63(6,7)58(46)57(59)42-24-19-26-48-60(42)68(66)65(9)30-18-17-29-64(48,65)8/h12-16,19,21-28,33-38H,10-11,17-18,20,29-32H2,1-9H3. The van der Waals surface area contributed by atoms with Crippen LogP contribution >= 0.6 is 0 Å². The average Bonchev–Trinajstić information content (AvgIpc) is 3.90. The minimum absolute atomic E-state index is 0.00371. The third kappa shape index (κ3) is 5.31. The number of unbranched alkanes of at least 4 members (excludes halogenated alkanes) is 1. The topological polar surface area (TPSA) is 19.6 Å². The van der Waals surface area contributed by atoms with E-state index in [1.165, 1.54) is 157 Å². The van der Waals surface area contributed by atoms with Crippen molar-refractivity contribution in [1.82, 2.24) is 0 Å². The highest BCUT2D eigenvalue weighted by atomic mass is 16.3. The highest BCUT2D eigenvalue weighted by molar-refractivity contribution is 6.93. The van der Waals surface area contributed by atoms with E-state index in [1.807, 2.05) is 0 Å². The van der Waals surface area contributed by atoms with Crippen LogP contribution in [0, 0.1) is 0 Å². The summed E-state index contributed by atoms with van der Waals surface area (Å²) in [5.74, 6) is 0. The van der Waals surface area contributed by atoms with Crippen LogP contribution in [0.15, 0.2) is 126 Å². The Balaban J connectivity index is 1.15. The number of hydrogen-bond donors (Lipinski definition) is 0. The number of benzene rings is 7. The Morgan fingerprint density at radius 2 is 1.26 bits per heavy atom. The molecule has 0 radical (unpaired) electrons.